The van der Waals surface area contributed by atoms with Crippen molar-refractivity contribution in [1.29, 1.82) is 5.53 Å². The zero-order chi connectivity index (χ0) is 38.0. The molecule has 5 nitrogen and oxygen atoms in total. The van der Waals surface area contributed by atoms with Crippen LogP contribution in [-0.2, 0) is 6.54 Å². The number of aliphatic imine (C=N–C) groups is 1. The van der Waals surface area contributed by atoms with Crippen LogP contribution in [0.25, 0.3) is 0 Å². The van der Waals surface area contributed by atoms with Crippen LogP contribution in [-0.4, -0.2) is 22.8 Å². The normalized spacial score (nSPS) is 38.4. The van der Waals surface area contributed by atoms with Gasteiger partial charge in [-0.25, -0.2) is 0 Å². The number of hydrogen-bond acceptors (Lipinski definition) is 4. The molecule has 12 saturated carbocycles. The van der Waals surface area contributed by atoms with Crippen molar-refractivity contribution in [2.75, 3.05) is 0 Å². The Hall–Kier alpha value is -3.40. The van der Waals surface area contributed by atoms with Crippen molar-refractivity contribution in [1.82, 2.24) is 10.2 Å². The van der Waals surface area contributed by atoms with E-state index in [1.165, 1.54) is 132 Å². The quantitative estimate of drug-likeness (QED) is 0.146. The van der Waals surface area contributed by atoms with Gasteiger partial charge < -0.3 is 5.32 Å². The predicted molar refractivity (Wildman–Crippen MR) is 242 cm³/mol. The van der Waals surface area contributed by atoms with Crippen LogP contribution in [0.4, 0.5) is 0 Å². The maximum Gasteiger partial charge on any atom is 0.214 e. The van der Waals surface area contributed by atoms with Crippen molar-refractivity contribution in [3.8, 4) is 0 Å². The Morgan fingerprint density at radius 1 is 0.534 bits per heavy atom. The molecule has 15 rings (SSSR count). The molecule has 3 aromatic carbocycles. The Balaban J connectivity index is 0.000000122. The molecule has 12 fully saturated rings. The van der Waals surface area contributed by atoms with Crippen LogP contribution >= 0.6 is 0 Å². The standard InChI is InChI=1S/C17H23N.C17H21N.C10H16N3.C7H8.2CH4/c2*1-2-4-13(5-3-1)12-18-17-9-14-6-15(10-17)8-16(7-14)11-17;11-13-12-10-4-7-1-8(5-10)3-9(2-7)6-10;1-7-5-3-2-4-6-7;;/h1-5,14-16,18H,6-12H2;1-5,12,14-16H,6-11H2;7-9,11H,1-6H2;2-6H,1H3;2*1H4/q;;+1;;;. The van der Waals surface area contributed by atoms with Crippen LogP contribution < -0.4 is 10.2 Å². The SMILES string of the molecule is C.C.C(=NC12CC3CC(CC(C3)C1)C2)c1ccccc1.Cc1ccccc1.N=[N+]=NC12CC3CC(CC(C3)C1)C2.c1ccc(CNC23CC4CC(CC(C4)C2)C3)cc1. The fourth-order valence-electron chi connectivity index (χ4n) is 15.0. The Labute approximate surface area is 352 Å². The number of nitrogens with zero attached hydrogens (tertiary/aromatic N) is 3. The maximum atomic E-state index is 6.90. The Morgan fingerprint density at radius 3 is 1.28 bits per heavy atom. The highest BCUT2D eigenvalue weighted by molar-refractivity contribution is 5.79. The van der Waals surface area contributed by atoms with Gasteiger partial charge in [-0.05, 0) is 187 Å². The van der Waals surface area contributed by atoms with Gasteiger partial charge in [0.25, 0.3) is 0 Å². The van der Waals surface area contributed by atoms with Crippen LogP contribution in [0.15, 0.2) is 101 Å². The first-order chi connectivity index (χ1) is 27.3. The van der Waals surface area contributed by atoms with Gasteiger partial charge in [0, 0.05) is 18.3 Å². The van der Waals surface area contributed by atoms with Crippen molar-refractivity contribution >= 4 is 6.21 Å². The first-order valence-electron chi connectivity index (χ1n) is 22.8. The van der Waals surface area contributed by atoms with Crippen molar-refractivity contribution in [3.63, 3.8) is 0 Å². The molecule has 0 spiro atoms. The Bertz CT molecular complexity index is 1700. The van der Waals surface area contributed by atoms with Crippen LogP contribution in [0.5, 0.6) is 0 Å². The molecule has 3 aromatic rings. The lowest BCUT2D eigenvalue weighted by atomic mass is 9.53. The monoisotopic (exact) mass is 783 g/mol. The van der Waals surface area contributed by atoms with Gasteiger partial charge in [0.15, 0.2) is 0 Å². The van der Waals surface area contributed by atoms with E-state index in [2.05, 4.69) is 101 Å². The molecule has 58 heavy (non-hydrogen) atoms. The van der Waals surface area contributed by atoms with E-state index in [-0.39, 0.29) is 20.4 Å². The highest BCUT2D eigenvalue weighted by Crippen LogP contribution is 2.59. The van der Waals surface area contributed by atoms with Gasteiger partial charge in [-0.1, -0.05) is 111 Å². The summed E-state index contributed by atoms with van der Waals surface area (Å²) in [5.74, 6) is 8.83. The van der Waals surface area contributed by atoms with Gasteiger partial charge in [0.2, 0.25) is 4.91 Å². The van der Waals surface area contributed by atoms with Crippen LogP contribution in [0.2, 0.25) is 0 Å². The number of rotatable bonds is 6. The molecule has 0 atom stereocenters. The van der Waals surface area contributed by atoms with Gasteiger partial charge in [-0.3, -0.25) is 4.99 Å². The zero-order valence-corrected chi connectivity index (χ0v) is 34.2. The summed E-state index contributed by atoms with van der Waals surface area (Å²) in [6.45, 7) is 3.15. The summed E-state index contributed by atoms with van der Waals surface area (Å²) in [5, 5.41) is 8.15. The molecule has 12 aliphatic rings. The minimum atomic E-state index is 0. The maximum absolute atomic E-state index is 6.90. The van der Waals surface area contributed by atoms with Gasteiger partial charge >= 0.3 is 0 Å². The van der Waals surface area contributed by atoms with Crippen LogP contribution in [0, 0.1) is 65.7 Å². The molecule has 2 N–H and O–H groups in total. The lowest BCUT2D eigenvalue weighted by molar-refractivity contribution is -0.0206. The summed E-state index contributed by atoms with van der Waals surface area (Å²) in [5.41, 5.74) is 11.9. The molecule has 0 aliphatic heterocycles. The fourth-order valence-corrected chi connectivity index (χ4v) is 15.0. The van der Waals surface area contributed by atoms with Gasteiger partial charge in [-0.15, -0.1) is 0 Å². The van der Waals surface area contributed by atoms with E-state index in [4.69, 9.17) is 10.5 Å². The van der Waals surface area contributed by atoms with Crippen molar-refractivity contribution in [2.24, 2.45) is 63.4 Å². The van der Waals surface area contributed by atoms with Crippen molar-refractivity contribution in [3.05, 3.63) is 108 Å². The molecule has 312 valence electrons. The molecule has 12 bridgehead atoms. The zero-order valence-electron chi connectivity index (χ0n) is 34.2. The minimum absolute atomic E-state index is 0. The summed E-state index contributed by atoms with van der Waals surface area (Å²) >= 11 is 0. The van der Waals surface area contributed by atoms with Gasteiger partial charge in [0.1, 0.15) is 16.2 Å². The average Bonchev–Trinajstić information content (AvgIpc) is 3.17. The molecule has 12 aliphatic carbocycles. The topological polar surface area (TPSA) is 74.7 Å². The third-order valence-corrected chi connectivity index (χ3v) is 16.1. The first-order valence-corrected chi connectivity index (χ1v) is 22.8. The minimum Gasteiger partial charge on any atom is -0.307 e. The summed E-state index contributed by atoms with van der Waals surface area (Å²) in [4.78, 5) is 8.36. The first kappa shape index (κ1) is 42.7. The summed E-state index contributed by atoms with van der Waals surface area (Å²) in [6, 6.07) is 31.7. The molecule has 0 amide bonds. The van der Waals surface area contributed by atoms with Crippen LogP contribution in [0.1, 0.15) is 147 Å². The molecule has 0 unspecified atom stereocenters. The van der Waals surface area contributed by atoms with E-state index in [9.17, 15) is 0 Å². The molecule has 0 heterocycles. The van der Waals surface area contributed by atoms with Crippen molar-refractivity contribution in [2.45, 2.75) is 161 Å². The third-order valence-electron chi connectivity index (χ3n) is 16.1. The predicted octanol–water partition coefficient (Wildman–Crippen LogP) is 13.6. The summed E-state index contributed by atoms with van der Waals surface area (Å²) in [7, 11) is 0. The van der Waals surface area contributed by atoms with Gasteiger partial charge in [-0.2, -0.15) is 0 Å². The van der Waals surface area contributed by atoms with E-state index in [0.29, 0.717) is 11.1 Å². The van der Waals surface area contributed by atoms with E-state index in [1.807, 2.05) is 18.2 Å². The van der Waals surface area contributed by atoms with Gasteiger partial charge in [0.05, 0.1) is 5.54 Å². The smallest absolute Gasteiger partial charge is 0.214 e. The van der Waals surface area contributed by atoms with Crippen molar-refractivity contribution < 1.29 is 0 Å². The van der Waals surface area contributed by atoms with Crippen LogP contribution in [0.3, 0.4) is 0 Å². The molecule has 0 radical (unpaired) electrons. The second-order valence-electron chi connectivity index (χ2n) is 20.8. The second-order valence-corrected chi connectivity index (χ2v) is 20.8. The lowest BCUT2D eigenvalue weighted by Crippen LogP contribution is -2.58. The summed E-state index contributed by atoms with van der Waals surface area (Å²) in [6.07, 6.45) is 27.7. The molecule has 0 aromatic heterocycles. The van der Waals surface area contributed by atoms with E-state index in [1.54, 1.807) is 0 Å². The Kier molecular flexibility index (Phi) is 13.6. The Morgan fingerprint density at radius 2 is 0.897 bits per heavy atom. The highest BCUT2D eigenvalue weighted by Gasteiger charge is 2.54. The third kappa shape index (κ3) is 10.1. The molecule has 5 heteroatoms. The number of nitrogens with one attached hydrogen (secondary N) is 2. The molecule has 0 saturated heterocycles. The average molecular weight is 783 g/mol. The summed E-state index contributed by atoms with van der Waals surface area (Å²) < 4.78 is 0. The largest absolute Gasteiger partial charge is 0.307 e. The highest BCUT2D eigenvalue weighted by atomic mass is 15.2. The lowest BCUT2D eigenvalue weighted by Gasteiger charge is -2.57. The fraction of sp³-hybridized carbons (Fsp3) is 0.642. The second kappa shape index (κ2) is 18.5. The number of aryl methyl sites for hydroxylation is 1. The van der Waals surface area contributed by atoms with E-state index >= 15 is 0 Å². The number of hydrogen-bond donors (Lipinski definition) is 2. The number of benzene rings is 3. The van der Waals surface area contributed by atoms with E-state index < -0.39 is 0 Å². The molecular formula is C53H76N5+. The van der Waals surface area contributed by atoms with E-state index in [0.717, 1.165) is 59.8 Å². The molecular weight excluding hydrogens is 707 g/mol.